The summed E-state index contributed by atoms with van der Waals surface area (Å²) >= 11 is 0. The Balaban J connectivity index is 1.76. The molecule has 142 valence electrons. The Morgan fingerprint density at radius 2 is 1.88 bits per heavy atom. The van der Waals surface area contributed by atoms with Crippen molar-refractivity contribution in [2.45, 2.75) is 77.2 Å². The second kappa shape index (κ2) is 5.45. The molecular weight excluding hydrogens is 316 g/mol. The fourth-order valence-electron chi connectivity index (χ4n) is 8.18. The lowest BCUT2D eigenvalue weighted by molar-refractivity contribution is -0.262. The number of ether oxygens (including phenoxy) is 1. The lowest BCUT2D eigenvalue weighted by Crippen LogP contribution is -2.68. The largest absolute Gasteiger partial charge is 0.469 e. The summed E-state index contributed by atoms with van der Waals surface area (Å²) in [7, 11) is 1.49. The van der Waals surface area contributed by atoms with E-state index in [1.165, 1.54) is 7.11 Å². The van der Waals surface area contributed by atoms with E-state index in [1.807, 2.05) is 0 Å². The standard InChI is InChI=1S/C21H34O4/c1-18(17(23)25-3)7-4-8-19(2)16(18)6-9-20-11-14(15(12-20)13-22)5-10-21(19,20)24/h14-16,22,24H,4-13H2,1-3H3/t14-,15-,16-,18-,19-,20+,21-/m1/s1. The Kier molecular flexibility index (Phi) is 3.88. The summed E-state index contributed by atoms with van der Waals surface area (Å²) in [5, 5.41) is 22.0. The predicted octanol–water partition coefficient (Wildman–Crippen LogP) is 3.30. The molecule has 0 radical (unpaired) electrons. The fraction of sp³-hybridized carbons (Fsp3) is 0.952. The van der Waals surface area contributed by atoms with Crippen LogP contribution in [-0.4, -0.2) is 35.5 Å². The van der Waals surface area contributed by atoms with Crippen LogP contribution in [0.3, 0.4) is 0 Å². The van der Waals surface area contributed by atoms with Crippen molar-refractivity contribution in [3.63, 3.8) is 0 Å². The molecule has 4 aliphatic carbocycles. The Labute approximate surface area is 151 Å². The van der Waals surface area contributed by atoms with Gasteiger partial charge >= 0.3 is 5.97 Å². The van der Waals surface area contributed by atoms with Gasteiger partial charge in [0.1, 0.15) is 0 Å². The Morgan fingerprint density at radius 3 is 2.56 bits per heavy atom. The molecule has 0 aromatic heterocycles. The van der Waals surface area contributed by atoms with Crippen LogP contribution in [0.2, 0.25) is 0 Å². The van der Waals surface area contributed by atoms with E-state index in [9.17, 15) is 15.0 Å². The van der Waals surface area contributed by atoms with Gasteiger partial charge in [-0.1, -0.05) is 13.3 Å². The van der Waals surface area contributed by atoms with Crippen molar-refractivity contribution in [3.8, 4) is 0 Å². The van der Waals surface area contributed by atoms with E-state index in [-0.39, 0.29) is 29.3 Å². The first-order chi connectivity index (χ1) is 11.8. The van der Waals surface area contributed by atoms with E-state index in [4.69, 9.17) is 4.74 Å². The van der Waals surface area contributed by atoms with E-state index in [2.05, 4.69) is 13.8 Å². The van der Waals surface area contributed by atoms with Crippen molar-refractivity contribution in [1.29, 1.82) is 0 Å². The smallest absolute Gasteiger partial charge is 0.311 e. The normalized spacial score (nSPS) is 54.5. The highest BCUT2D eigenvalue weighted by Crippen LogP contribution is 2.74. The highest BCUT2D eigenvalue weighted by atomic mass is 16.5. The quantitative estimate of drug-likeness (QED) is 0.750. The van der Waals surface area contributed by atoms with Crippen LogP contribution in [0, 0.1) is 34.0 Å². The number of hydrogen-bond donors (Lipinski definition) is 2. The first kappa shape index (κ1) is 17.8. The monoisotopic (exact) mass is 350 g/mol. The molecule has 0 unspecified atom stereocenters. The number of carbonyl (C=O) groups is 1. The number of rotatable bonds is 2. The van der Waals surface area contributed by atoms with Crippen LogP contribution < -0.4 is 0 Å². The molecule has 2 N–H and O–H groups in total. The molecule has 1 spiro atoms. The lowest BCUT2D eigenvalue weighted by atomic mass is 9.39. The Hall–Kier alpha value is -0.610. The maximum Gasteiger partial charge on any atom is 0.311 e. The summed E-state index contributed by atoms with van der Waals surface area (Å²) in [6.07, 6.45) is 8.69. The zero-order chi connectivity index (χ0) is 18.1. The van der Waals surface area contributed by atoms with Gasteiger partial charge < -0.3 is 14.9 Å². The van der Waals surface area contributed by atoms with Crippen LogP contribution in [0.1, 0.15) is 71.6 Å². The van der Waals surface area contributed by atoms with Gasteiger partial charge in [0, 0.05) is 17.4 Å². The SMILES string of the molecule is COC(=O)[C@]1(C)CCC[C@]2(C)[C@@H]1CC[C@@]13C[C@@H](CC[C@]12O)[C@@H](CO)C3. The third-order valence-electron chi connectivity index (χ3n) is 9.40. The molecule has 2 bridgehead atoms. The minimum absolute atomic E-state index is 0.0526. The number of aliphatic hydroxyl groups excluding tert-OH is 1. The second-order valence-electron chi connectivity index (χ2n) is 10.1. The van der Waals surface area contributed by atoms with Crippen LogP contribution >= 0.6 is 0 Å². The summed E-state index contributed by atoms with van der Waals surface area (Å²) in [4.78, 5) is 12.7. The summed E-state index contributed by atoms with van der Waals surface area (Å²) < 4.78 is 5.20. The van der Waals surface area contributed by atoms with Crippen LogP contribution in [0.5, 0.6) is 0 Å². The molecule has 4 fully saturated rings. The van der Waals surface area contributed by atoms with Gasteiger partial charge in [0.2, 0.25) is 0 Å². The van der Waals surface area contributed by atoms with Crippen LogP contribution in [0.15, 0.2) is 0 Å². The van der Waals surface area contributed by atoms with Gasteiger partial charge in [0.15, 0.2) is 0 Å². The molecule has 25 heavy (non-hydrogen) atoms. The molecule has 4 saturated carbocycles. The maximum absolute atomic E-state index is 12.7. The van der Waals surface area contributed by atoms with Gasteiger partial charge in [-0.05, 0) is 76.0 Å². The Bertz CT molecular complexity index is 576. The van der Waals surface area contributed by atoms with Gasteiger partial charge in [-0.3, -0.25) is 4.79 Å². The summed E-state index contributed by atoms with van der Waals surface area (Å²) in [6.45, 7) is 4.58. The third-order valence-corrected chi connectivity index (χ3v) is 9.40. The molecule has 0 aromatic rings. The first-order valence-corrected chi connectivity index (χ1v) is 10.2. The van der Waals surface area contributed by atoms with Gasteiger partial charge in [0.05, 0.1) is 18.1 Å². The topological polar surface area (TPSA) is 66.8 Å². The summed E-state index contributed by atoms with van der Waals surface area (Å²) in [5.74, 6) is 1.00. The lowest BCUT2D eigenvalue weighted by Gasteiger charge is -2.67. The molecule has 0 aromatic carbocycles. The van der Waals surface area contributed by atoms with E-state index in [0.717, 1.165) is 57.8 Å². The van der Waals surface area contributed by atoms with E-state index < -0.39 is 11.0 Å². The average Bonchev–Trinajstić information content (AvgIpc) is 2.90. The van der Waals surface area contributed by atoms with Crippen molar-refractivity contribution in [1.82, 2.24) is 0 Å². The minimum atomic E-state index is -0.709. The van der Waals surface area contributed by atoms with Gasteiger partial charge in [0.25, 0.3) is 0 Å². The minimum Gasteiger partial charge on any atom is -0.469 e. The van der Waals surface area contributed by atoms with E-state index >= 15 is 0 Å². The van der Waals surface area contributed by atoms with Crippen LogP contribution in [-0.2, 0) is 9.53 Å². The fourth-order valence-corrected chi connectivity index (χ4v) is 8.18. The van der Waals surface area contributed by atoms with E-state index in [1.54, 1.807) is 0 Å². The molecule has 0 saturated heterocycles. The number of aliphatic hydroxyl groups is 2. The highest BCUT2D eigenvalue weighted by molar-refractivity contribution is 5.77. The van der Waals surface area contributed by atoms with Crippen molar-refractivity contribution in [2.24, 2.45) is 34.0 Å². The molecule has 0 amide bonds. The zero-order valence-corrected chi connectivity index (χ0v) is 16.0. The number of hydrogen-bond acceptors (Lipinski definition) is 4. The number of methoxy groups -OCH3 is 1. The van der Waals surface area contributed by atoms with Crippen molar-refractivity contribution >= 4 is 5.97 Å². The van der Waals surface area contributed by atoms with Gasteiger partial charge in [-0.15, -0.1) is 0 Å². The molecule has 0 aliphatic heterocycles. The van der Waals surface area contributed by atoms with E-state index in [0.29, 0.717) is 11.8 Å². The van der Waals surface area contributed by atoms with Crippen molar-refractivity contribution < 1.29 is 19.7 Å². The first-order valence-electron chi connectivity index (χ1n) is 10.2. The average molecular weight is 350 g/mol. The summed E-state index contributed by atoms with van der Waals surface area (Å²) in [6, 6.07) is 0. The highest BCUT2D eigenvalue weighted by Gasteiger charge is 2.72. The molecule has 4 heteroatoms. The van der Waals surface area contributed by atoms with Crippen LogP contribution in [0.4, 0.5) is 0 Å². The van der Waals surface area contributed by atoms with Crippen LogP contribution in [0.25, 0.3) is 0 Å². The molecule has 0 heterocycles. The van der Waals surface area contributed by atoms with Crippen molar-refractivity contribution in [2.75, 3.05) is 13.7 Å². The second-order valence-corrected chi connectivity index (χ2v) is 10.1. The molecule has 4 aliphatic rings. The van der Waals surface area contributed by atoms with Gasteiger partial charge in [-0.2, -0.15) is 0 Å². The number of carbonyl (C=O) groups excluding carboxylic acids is 1. The zero-order valence-electron chi connectivity index (χ0n) is 16.0. The third kappa shape index (κ3) is 1.99. The predicted molar refractivity (Wildman–Crippen MR) is 94.7 cm³/mol. The molecular formula is C21H34O4. The molecule has 7 atom stereocenters. The maximum atomic E-state index is 12.7. The summed E-state index contributed by atoms with van der Waals surface area (Å²) in [5.41, 5.74) is -1.48. The van der Waals surface area contributed by atoms with Crippen molar-refractivity contribution in [3.05, 3.63) is 0 Å². The van der Waals surface area contributed by atoms with Gasteiger partial charge in [-0.25, -0.2) is 0 Å². The molecule has 4 nitrogen and oxygen atoms in total. The Morgan fingerprint density at radius 1 is 1.12 bits per heavy atom. The number of fused-ring (bicyclic) bond motifs is 3. The number of esters is 1. The molecule has 4 rings (SSSR count).